The summed E-state index contributed by atoms with van der Waals surface area (Å²) in [4.78, 5) is 16.6. The normalized spacial score (nSPS) is 10.5. The second-order valence-corrected chi connectivity index (χ2v) is 6.06. The van der Waals surface area contributed by atoms with E-state index in [1.54, 1.807) is 42.6 Å². The molecule has 28 heavy (non-hydrogen) atoms. The minimum absolute atomic E-state index is 0.239. The summed E-state index contributed by atoms with van der Waals surface area (Å²) in [6, 6.07) is 18.1. The summed E-state index contributed by atoms with van der Waals surface area (Å²) in [5.74, 6) is 0.919. The molecule has 0 fully saturated rings. The van der Waals surface area contributed by atoms with E-state index in [9.17, 15) is 4.79 Å². The van der Waals surface area contributed by atoms with Crippen molar-refractivity contribution in [3.8, 4) is 17.3 Å². The Bertz CT molecular complexity index is 1060. The zero-order valence-corrected chi connectivity index (χ0v) is 15.0. The lowest BCUT2D eigenvalue weighted by Gasteiger charge is -2.08. The van der Waals surface area contributed by atoms with Gasteiger partial charge in [-0.3, -0.25) is 4.79 Å². The molecular weight excluding hydrogens is 356 g/mol. The molecule has 2 heterocycles. The van der Waals surface area contributed by atoms with Crippen LogP contribution in [0.25, 0.3) is 5.69 Å². The summed E-state index contributed by atoms with van der Waals surface area (Å²) in [7, 11) is 0. The second kappa shape index (κ2) is 7.67. The first kappa shape index (κ1) is 17.3. The number of amides is 1. The molecule has 1 amide bonds. The van der Waals surface area contributed by atoms with Crippen molar-refractivity contribution in [1.82, 2.24) is 25.2 Å². The Kier molecular flexibility index (Phi) is 4.75. The molecule has 4 rings (SSSR count). The van der Waals surface area contributed by atoms with Gasteiger partial charge in [0.05, 0.1) is 17.6 Å². The third-order valence-electron chi connectivity index (χ3n) is 3.98. The van der Waals surface area contributed by atoms with Gasteiger partial charge in [-0.15, -0.1) is 5.10 Å². The molecule has 138 valence electrons. The molecule has 0 radical (unpaired) electrons. The van der Waals surface area contributed by atoms with Crippen LogP contribution >= 0.6 is 0 Å². The van der Waals surface area contributed by atoms with E-state index in [0.717, 1.165) is 11.3 Å². The van der Waals surface area contributed by atoms with Gasteiger partial charge in [-0.2, -0.15) is 0 Å². The number of carbonyl (C=O) groups is 1. The van der Waals surface area contributed by atoms with Gasteiger partial charge >= 0.3 is 0 Å². The van der Waals surface area contributed by atoms with E-state index in [0.29, 0.717) is 22.9 Å². The van der Waals surface area contributed by atoms with Crippen LogP contribution in [-0.4, -0.2) is 31.1 Å². The fourth-order valence-electron chi connectivity index (χ4n) is 2.49. The van der Waals surface area contributed by atoms with Crippen LogP contribution in [0.2, 0.25) is 0 Å². The Labute approximate surface area is 160 Å². The highest BCUT2D eigenvalue weighted by atomic mass is 16.5. The van der Waals surface area contributed by atoms with Gasteiger partial charge in [-0.1, -0.05) is 17.7 Å². The summed E-state index contributed by atoms with van der Waals surface area (Å²) in [5, 5.41) is 13.8. The number of rotatable bonds is 5. The van der Waals surface area contributed by atoms with E-state index < -0.39 is 0 Å². The molecule has 8 heteroatoms. The number of hydrogen-bond acceptors (Lipinski definition) is 6. The van der Waals surface area contributed by atoms with Crippen molar-refractivity contribution < 1.29 is 9.53 Å². The van der Waals surface area contributed by atoms with Gasteiger partial charge in [0.15, 0.2) is 0 Å². The lowest BCUT2D eigenvalue weighted by Crippen LogP contribution is -2.12. The first-order valence-electron chi connectivity index (χ1n) is 8.53. The molecule has 0 atom stereocenters. The zero-order valence-electron chi connectivity index (χ0n) is 15.0. The number of benzene rings is 2. The average Bonchev–Trinajstić information content (AvgIpc) is 3.26. The average molecular weight is 372 g/mol. The van der Waals surface area contributed by atoms with Gasteiger partial charge in [0.2, 0.25) is 5.88 Å². The van der Waals surface area contributed by atoms with Crippen LogP contribution in [0.5, 0.6) is 11.6 Å². The Morgan fingerprint density at radius 1 is 1.00 bits per heavy atom. The Morgan fingerprint density at radius 2 is 1.79 bits per heavy atom. The number of carbonyl (C=O) groups excluding carboxylic acids is 1. The minimum atomic E-state index is -0.239. The van der Waals surface area contributed by atoms with Crippen LogP contribution in [0, 0.1) is 6.92 Å². The van der Waals surface area contributed by atoms with Gasteiger partial charge in [0.25, 0.3) is 5.91 Å². The predicted octanol–water partition coefficient (Wildman–Crippen LogP) is 3.41. The van der Waals surface area contributed by atoms with Crippen LogP contribution < -0.4 is 10.1 Å². The van der Waals surface area contributed by atoms with Gasteiger partial charge in [0.1, 0.15) is 12.1 Å². The maximum absolute atomic E-state index is 12.4. The molecule has 0 bridgehead atoms. The van der Waals surface area contributed by atoms with Gasteiger partial charge in [0, 0.05) is 11.6 Å². The quantitative estimate of drug-likeness (QED) is 0.577. The van der Waals surface area contributed by atoms with E-state index in [1.807, 2.05) is 31.2 Å². The molecule has 0 saturated carbocycles. The monoisotopic (exact) mass is 372 g/mol. The number of pyridine rings is 1. The second-order valence-electron chi connectivity index (χ2n) is 6.06. The van der Waals surface area contributed by atoms with Crippen LogP contribution in [0.4, 0.5) is 5.69 Å². The maximum atomic E-state index is 12.4. The fourth-order valence-corrected chi connectivity index (χ4v) is 2.49. The van der Waals surface area contributed by atoms with Crippen molar-refractivity contribution in [2.45, 2.75) is 6.92 Å². The van der Waals surface area contributed by atoms with E-state index in [-0.39, 0.29) is 5.91 Å². The summed E-state index contributed by atoms with van der Waals surface area (Å²) in [5.41, 5.74) is 3.01. The molecular formula is C20H16N6O2. The molecule has 0 spiro atoms. The van der Waals surface area contributed by atoms with Crippen molar-refractivity contribution >= 4 is 11.6 Å². The number of tetrazole rings is 1. The lowest BCUT2D eigenvalue weighted by atomic mass is 10.2. The maximum Gasteiger partial charge on any atom is 0.255 e. The largest absolute Gasteiger partial charge is 0.439 e. The summed E-state index contributed by atoms with van der Waals surface area (Å²) in [6.45, 7) is 2.01. The number of ether oxygens (including phenoxy) is 1. The highest BCUT2D eigenvalue weighted by Crippen LogP contribution is 2.21. The number of aryl methyl sites for hydroxylation is 1. The summed E-state index contributed by atoms with van der Waals surface area (Å²) in [6.07, 6.45) is 3.04. The predicted molar refractivity (Wildman–Crippen MR) is 103 cm³/mol. The van der Waals surface area contributed by atoms with Crippen LogP contribution in [-0.2, 0) is 0 Å². The SMILES string of the molecule is Cc1ccc(Oc2ccc(NC(=O)c3ccc(-n4cnnn4)cc3)cn2)cc1. The molecule has 2 aromatic heterocycles. The first-order chi connectivity index (χ1) is 13.7. The van der Waals surface area contributed by atoms with Crippen molar-refractivity contribution in [3.05, 3.63) is 84.3 Å². The third-order valence-corrected chi connectivity index (χ3v) is 3.98. The van der Waals surface area contributed by atoms with Crippen LogP contribution in [0.15, 0.2) is 73.2 Å². The molecule has 0 aliphatic carbocycles. The van der Waals surface area contributed by atoms with Gasteiger partial charge < -0.3 is 10.1 Å². The molecule has 0 aliphatic heterocycles. The van der Waals surface area contributed by atoms with E-state index in [2.05, 4.69) is 25.8 Å². The highest BCUT2D eigenvalue weighted by Gasteiger charge is 2.08. The summed E-state index contributed by atoms with van der Waals surface area (Å²) >= 11 is 0. The molecule has 8 nitrogen and oxygen atoms in total. The van der Waals surface area contributed by atoms with Crippen molar-refractivity contribution in [2.24, 2.45) is 0 Å². The smallest absolute Gasteiger partial charge is 0.255 e. The molecule has 0 unspecified atom stereocenters. The Hall–Kier alpha value is -4.07. The Balaban J connectivity index is 1.39. The first-order valence-corrected chi connectivity index (χ1v) is 8.53. The third kappa shape index (κ3) is 4.01. The summed E-state index contributed by atoms with van der Waals surface area (Å²) < 4.78 is 7.20. The molecule has 0 aliphatic rings. The molecule has 0 saturated heterocycles. The van der Waals surface area contributed by atoms with Crippen molar-refractivity contribution in [1.29, 1.82) is 0 Å². The van der Waals surface area contributed by atoms with Gasteiger partial charge in [-0.05, 0) is 59.8 Å². The van der Waals surface area contributed by atoms with Crippen molar-refractivity contribution in [3.63, 3.8) is 0 Å². The zero-order chi connectivity index (χ0) is 19.3. The topological polar surface area (TPSA) is 94.8 Å². The molecule has 4 aromatic rings. The van der Waals surface area contributed by atoms with Crippen molar-refractivity contribution in [2.75, 3.05) is 5.32 Å². The van der Waals surface area contributed by atoms with Crippen LogP contribution in [0.1, 0.15) is 15.9 Å². The number of nitrogens with zero attached hydrogens (tertiary/aromatic N) is 5. The minimum Gasteiger partial charge on any atom is -0.439 e. The molecule has 1 N–H and O–H groups in total. The number of aromatic nitrogens is 5. The Morgan fingerprint density at radius 3 is 2.43 bits per heavy atom. The van der Waals surface area contributed by atoms with E-state index in [1.165, 1.54) is 11.0 Å². The molecule has 2 aromatic carbocycles. The standard InChI is InChI=1S/C20H16N6O2/c1-14-2-9-18(10-3-14)28-19-11-6-16(12-21-19)23-20(27)15-4-7-17(8-5-15)26-13-22-24-25-26/h2-13H,1H3,(H,23,27). The van der Waals surface area contributed by atoms with E-state index >= 15 is 0 Å². The van der Waals surface area contributed by atoms with Gasteiger partial charge in [-0.25, -0.2) is 9.67 Å². The van der Waals surface area contributed by atoms with E-state index in [4.69, 9.17) is 4.74 Å². The lowest BCUT2D eigenvalue weighted by molar-refractivity contribution is 0.102. The number of hydrogen-bond donors (Lipinski definition) is 1. The fraction of sp³-hybridized carbons (Fsp3) is 0.0500. The number of anilines is 1. The van der Waals surface area contributed by atoms with Crippen LogP contribution in [0.3, 0.4) is 0 Å². The number of nitrogens with one attached hydrogen (secondary N) is 1. The highest BCUT2D eigenvalue weighted by molar-refractivity contribution is 6.04.